The van der Waals surface area contributed by atoms with Crippen molar-refractivity contribution in [3.8, 4) is 0 Å². The Bertz CT molecular complexity index is 524. The molecule has 2 fully saturated rings. The standard InChI is InChI=1S/C17H27N5O/c1-21-8-2-3-13(12-21)11-15-4-5-16(20-19-15)22-9-6-14(7-10-22)17(18)23/h4-5,13-14H,2-3,6-12H2,1H3,(H2,18,23)/t13-/m0/s1. The Balaban J connectivity index is 1.54. The van der Waals surface area contributed by atoms with Crippen LogP contribution in [0.25, 0.3) is 0 Å². The van der Waals surface area contributed by atoms with E-state index in [9.17, 15) is 4.79 Å². The van der Waals surface area contributed by atoms with Crippen molar-refractivity contribution in [3.63, 3.8) is 0 Å². The Morgan fingerprint density at radius 1 is 1.22 bits per heavy atom. The number of carbonyl (C=O) groups is 1. The molecule has 0 aromatic carbocycles. The maximum absolute atomic E-state index is 11.2. The number of aromatic nitrogens is 2. The number of carbonyl (C=O) groups excluding carboxylic acids is 1. The molecule has 126 valence electrons. The highest BCUT2D eigenvalue weighted by molar-refractivity contribution is 5.76. The maximum atomic E-state index is 11.2. The van der Waals surface area contributed by atoms with E-state index in [0.717, 1.165) is 50.4 Å². The van der Waals surface area contributed by atoms with E-state index in [1.54, 1.807) is 0 Å². The van der Waals surface area contributed by atoms with E-state index in [1.807, 2.05) is 0 Å². The van der Waals surface area contributed by atoms with Crippen molar-refractivity contribution in [1.82, 2.24) is 15.1 Å². The molecule has 0 radical (unpaired) electrons. The first-order valence-electron chi connectivity index (χ1n) is 8.67. The van der Waals surface area contributed by atoms with Crippen molar-refractivity contribution in [3.05, 3.63) is 17.8 Å². The third kappa shape index (κ3) is 4.19. The fourth-order valence-electron chi connectivity index (χ4n) is 3.76. The maximum Gasteiger partial charge on any atom is 0.220 e. The van der Waals surface area contributed by atoms with Crippen LogP contribution >= 0.6 is 0 Å². The molecule has 0 bridgehead atoms. The average molecular weight is 317 g/mol. The second-order valence-corrected chi connectivity index (χ2v) is 7.02. The summed E-state index contributed by atoms with van der Waals surface area (Å²) in [6, 6.07) is 4.18. The van der Waals surface area contributed by atoms with Crippen molar-refractivity contribution in [2.75, 3.05) is 38.1 Å². The van der Waals surface area contributed by atoms with Crippen molar-refractivity contribution >= 4 is 11.7 Å². The Hall–Kier alpha value is -1.69. The number of primary amides is 1. The number of hydrogen-bond donors (Lipinski definition) is 1. The molecule has 2 saturated heterocycles. The molecule has 1 aromatic rings. The van der Waals surface area contributed by atoms with Crippen LogP contribution in [-0.4, -0.2) is 54.2 Å². The SMILES string of the molecule is CN1CCC[C@@H](Cc2ccc(N3CCC(C(N)=O)CC3)nn2)C1. The molecule has 6 nitrogen and oxygen atoms in total. The number of nitrogens with zero attached hydrogens (tertiary/aromatic N) is 4. The van der Waals surface area contributed by atoms with Gasteiger partial charge in [0.25, 0.3) is 0 Å². The summed E-state index contributed by atoms with van der Waals surface area (Å²) in [4.78, 5) is 15.8. The summed E-state index contributed by atoms with van der Waals surface area (Å²) in [5.74, 6) is 1.45. The Morgan fingerprint density at radius 2 is 2.00 bits per heavy atom. The Labute approximate surface area is 138 Å². The molecule has 1 aromatic heterocycles. The van der Waals surface area contributed by atoms with Gasteiger partial charge in [-0.15, -0.1) is 5.10 Å². The average Bonchev–Trinajstić information content (AvgIpc) is 2.56. The van der Waals surface area contributed by atoms with Gasteiger partial charge >= 0.3 is 0 Å². The fraction of sp³-hybridized carbons (Fsp3) is 0.706. The van der Waals surface area contributed by atoms with Crippen LogP contribution in [0.1, 0.15) is 31.4 Å². The fourth-order valence-corrected chi connectivity index (χ4v) is 3.76. The van der Waals surface area contributed by atoms with Gasteiger partial charge in [0.2, 0.25) is 5.91 Å². The summed E-state index contributed by atoms with van der Waals surface area (Å²) < 4.78 is 0. The molecule has 3 heterocycles. The number of rotatable bonds is 4. The highest BCUT2D eigenvalue weighted by atomic mass is 16.1. The Morgan fingerprint density at radius 3 is 2.61 bits per heavy atom. The van der Waals surface area contributed by atoms with Crippen molar-refractivity contribution in [2.45, 2.75) is 32.1 Å². The highest BCUT2D eigenvalue weighted by Crippen LogP contribution is 2.22. The molecule has 3 rings (SSSR count). The monoisotopic (exact) mass is 317 g/mol. The lowest BCUT2D eigenvalue weighted by Gasteiger charge is -2.31. The second kappa shape index (κ2) is 7.25. The van der Waals surface area contributed by atoms with Crippen LogP contribution in [0, 0.1) is 11.8 Å². The molecule has 1 amide bonds. The van der Waals surface area contributed by atoms with E-state index in [0.29, 0.717) is 5.92 Å². The van der Waals surface area contributed by atoms with E-state index in [2.05, 4.69) is 39.2 Å². The lowest BCUT2D eigenvalue weighted by atomic mass is 9.93. The zero-order valence-corrected chi connectivity index (χ0v) is 13.9. The minimum atomic E-state index is -0.177. The summed E-state index contributed by atoms with van der Waals surface area (Å²) in [6.07, 6.45) is 5.21. The predicted octanol–water partition coefficient (Wildman–Crippen LogP) is 1.06. The van der Waals surface area contributed by atoms with Crippen molar-refractivity contribution < 1.29 is 4.79 Å². The van der Waals surface area contributed by atoms with Gasteiger partial charge in [-0.2, -0.15) is 5.10 Å². The molecule has 2 N–H and O–H groups in total. The second-order valence-electron chi connectivity index (χ2n) is 7.02. The van der Waals surface area contributed by atoms with Gasteiger partial charge in [-0.3, -0.25) is 4.79 Å². The highest BCUT2D eigenvalue weighted by Gasteiger charge is 2.24. The summed E-state index contributed by atoms with van der Waals surface area (Å²) in [6.45, 7) is 4.02. The van der Waals surface area contributed by atoms with Crippen LogP contribution in [0.2, 0.25) is 0 Å². The number of hydrogen-bond acceptors (Lipinski definition) is 5. The van der Waals surface area contributed by atoms with Gasteiger partial charge in [0, 0.05) is 25.6 Å². The van der Waals surface area contributed by atoms with E-state index < -0.39 is 0 Å². The molecule has 6 heteroatoms. The molecule has 0 unspecified atom stereocenters. The molecule has 1 atom stereocenters. The van der Waals surface area contributed by atoms with Gasteiger partial charge in [-0.25, -0.2) is 0 Å². The first-order chi connectivity index (χ1) is 11.1. The number of anilines is 1. The van der Waals surface area contributed by atoms with Gasteiger partial charge in [0.05, 0.1) is 5.69 Å². The summed E-state index contributed by atoms with van der Waals surface area (Å²) in [5.41, 5.74) is 6.47. The van der Waals surface area contributed by atoms with Gasteiger partial charge in [0.1, 0.15) is 0 Å². The van der Waals surface area contributed by atoms with Crippen molar-refractivity contribution in [2.24, 2.45) is 17.6 Å². The third-order valence-electron chi connectivity index (χ3n) is 5.15. The molecule has 0 spiro atoms. The quantitative estimate of drug-likeness (QED) is 0.899. The predicted molar refractivity (Wildman–Crippen MR) is 90.1 cm³/mol. The Kier molecular flexibility index (Phi) is 5.10. The van der Waals surface area contributed by atoms with E-state index in [4.69, 9.17) is 5.73 Å². The lowest BCUT2D eigenvalue weighted by Crippen LogP contribution is -2.39. The summed E-state index contributed by atoms with van der Waals surface area (Å²) >= 11 is 0. The van der Waals surface area contributed by atoms with Gasteiger partial charge in [-0.1, -0.05) is 0 Å². The summed E-state index contributed by atoms with van der Waals surface area (Å²) in [7, 11) is 2.19. The first-order valence-corrected chi connectivity index (χ1v) is 8.67. The number of amides is 1. The third-order valence-corrected chi connectivity index (χ3v) is 5.15. The molecule has 23 heavy (non-hydrogen) atoms. The van der Waals surface area contributed by atoms with E-state index in [-0.39, 0.29) is 11.8 Å². The van der Waals surface area contributed by atoms with E-state index in [1.165, 1.54) is 19.4 Å². The minimum Gasteiger partial charge on any atom is -0.369 e. The number of piperidine rings is 2. The van der Waals surface area contributed by atoms with Crippen LogP contribution in [0.3, 0.4) is 0 Å². The number of nitrogens with two attached hydrogens (primary N) is 1. The largest absolute Gasteiger partial charge is 0.369 e. The van der Waals surface area contributed by atoms with Gasteiger partial charge in [-0.05, 0) is 63.7 Å². The molecule has 0 aliphatic carbocycles. The lowest BCUT2D eigenvalue weighted by molar-refractivity contribution is -0.122. The molecular weight excluding hydrogens is 290 g/mol. The number of likely N-dealkylation sites (tertiary alicyclic amines) is 1. The van der Waals surface area contributed by atoms with Crippen LogP contribution in [0.5, 0.6) is 0 Å². The normalized spacial score (nSPS) is 23.9. The smallest absolute Gasteiger partial charge is 0.220 e. The van der Waals surface area contributed by atoms with Gasteiger partial charge in [0.15, 0.2) is 5.82 Å². The first kappa shape index (κ1) is 16.2. The topological polar surface area (TPSA) is 75.3 Å². The van der Waals surface area contributed by atoms with E-state index >= 15 is 0 Å². The summed E-state index contributed by atoms with van der Waals surface area (Å²) in [5, 5.41) is 8.83. The van der Waals surface area contributed by atoms with Crippen LogP contribution < -0.4 is 10.6 Å². The van der Waals surface area contributed by atoms with Crippen LogP contribution in [0.15, 0.2) is 12.1 Å². The molecule has 2 aliphatic rings. The van der Waals surface area contributed by atoms with Crippen molar-refractivity contribution in [1.29, 1.82) is 0 Å². The zero-order chi connectivity index (χ0) is 16.2. The minimum absolute atomic E-state index is 0.0155. The molecule has 2 aliphatic heterocycles. The van der Waals surface area contributed by atoms with Crippen LogP contribution in [-0.2, 0) is 11.2 Å². The molecular formula is C17H27N5O. The zero-order valence-electron chi connectivity index (χ0n) is 13.9. The van der Waals surface area contributed by atoms with Gasteiger partial charge < -0.3 is 15.5 Å². The van der Waals surface area contributed by atoms with Crippen LogP contribution in [0.4, 0.5) is 5.82 Å². The molecule has 0 saturated carbocycles.